The van der Waals surface area contributed by atoms with Gasteiger partial charge < -0.3 is 0 Å². The van der Waals surface area contributed by atoms with Gasteiger partial charge in [0.1, 0.15) is 0 Å². The maximum absolute atomic E-state index is 2.65. The first-order valence-corrected chi connectivity index (χ1v) is 4.24. The maximum atomic E-state index is 2.65. The normalized spacial score (nSPS) is 61.0. The lowest BCUT2D eigenvalue weighted by molar-refractivity contribution is 0.399. The molecule has 0 amide bonds. The number of hydrogen-bond donors (Lipinski definition) is 0. The average molecular weight is 135 g/mol. The van der Waals surface area contributed by atoms with E-state index >= 15 is 0 Å². The van der Waals surface area contributed by atoms with Gasteiger partial charge in [-0.3, -0.25) is 4.90 Å². The molecule has 3 aliphatic rings. The van der Waals surface area contributed by atoms with Crippen molar-refractivity contribution in [3.05, 3.63) is 11.6 Å². The molecule has 4 unspecified atom stereocenters. The molecule has 2 fully saturated rings. The van der Waals surface area contributed by atoms with Crippen molar-refractivity contribution in [3.63, 3.8) is 0 Å². The van der Waals surface area contributed by atoms with E-state index in [9.17, 15) is 0 Å². The molecule has 0 N–H and O–H groups in total. The van der Waals surface area contributed by atoms with Crippen molar-refractivity contribution in [3.8, 4) is 0 Å². The summed E-state index contributed by atoms with van der Waals surface area (Å²) in [5.74, 6) is 0.952. The first-order chi connectivity index (χ1) is 4.76. The molecule has 4 atom stereocenters. The second kappa shape index (κ2) is 1.20. The van der Waals surface area contributed by atoms with Crippen LogP contribution in [0.25, 0.3) is 0 Å². The quantitative estimate of drug-likeness (QED) is 0.408. The van der Waals surface area contributed by atoms with Crippen LogP contribution in [0.3, 0.4) is 0 Å². The Labute approximate surface area is 61.7 Å². The van der Waals surface area contributed by atoms with Crippen molar-refractivity contribution >= 4 is 0 Å². The summed E-state index contributed by atoms with van der Waals surface area (Å²) in [4.78, 5) is 2.65. The van der Waals surface area contributed by atoms with Gasteiger partial charge >= 0.3 is 0 Å². The second-order valence-corrected chi connectivity index (χ2v) is 4.12. The fourth-order valence-corrected chi connectivity index (χ4v) is 1.97. The summed E-state index contributed by atoms with van der Waals surface area (Å²) in [5, 5.41) is 0. The zero-order chi connectivity index (χ0) is 6.93. The number of fused-ring (bicyclic) bond motifs is 1. The summed E-state index contributed by atoms with van der Waals surface area (Å²) < 4.78 is 0. The molecule has 54 valence electrons. The molecule has 1 heteroatoms. The Kier molecular flexibility index (Phi) is 0.646. The van der Waals surface area contributed by atoms with Crippen LogP contribution in [0.15, 0.2) is 11.6 Å². The van der Waals surface area contributed by atoms with Crippen molar-refractivity contribution in [2.24, 2.45) is 5.92 Å². The van der Waals surface area contributed by atoms with Crippen LogP contribution in [0.2, 0.25) is 0 Å². The molecule has 1 nitrogen and oxygen atoms in total. The van der Waals surface area contributed by atoms with E-state index in [-0.39, 0.29) is 0 Å². The third-order valence-corrected chi connectivity index (χ3v) is 3.42. The van der Waals surface area contributed by atoms with Crippen molar-refractivity contribution < 1.29 is 0 Å². The van der Waals surface area contributed by atoms with E-state index in [1.54, 1.807) is 5.57 Å². The SMILES string of the molecule is CCC1(C)CN1C1C2=CC21. The van der Waals surface area contributed by atoms with Crippen LogP contribution in [0.5, 0.6) is 0 Å². The fourth-order valence-electron chi connectivity index (χ4n) is 1.97. The molecule has 0 bridgehead atoms. The van der Waals surface area contributed by atoms with Crippen LogP contribution in [0.1, 0.15) is 20.3 Å². The summed E-state index contributed by atoms with van der Waals surface area (Å²) in [6.07, 6.45) is 3.71. The molecule has 0 aromatic rings. The van der Waals surface area contributed by atoms with E-state index in [0.717, 1.165) is 12.0 Å². The van der Waals surface area contributed by atoms with Gasteiger partial charge in [0.2, 0.25) is 0 Å². The predicted octanol–water partition coefficient (Wildman–Crippen LogP) is 1.41. The molecule has 1 saturated heterocycles. The third kappa shape index (κ3) is 0.450. The van der Waals surface area contributed by atoms with Gasteiger partial charge in [-0.1, -0.05) is 13.0 Å². The third-order valence-electron chi connectivity index (χ3n) is 3.42. The highest BCUT2D eigenvalue weighted by atomic mass is 15.4. The number of nitrogens with zero attached hydrogens (tertiary/aromatic N) is 1. The molecule has 0 spiro atoms. The predicted molar refractivity (Wildman–Crippen MR) is 40.8 cm³/mol. The highest BCUT2D eigenvalue weighted by molar-refractivity contribution is 5.57. The minimum Gasteiger partial charge on any atom is -0.287 e. The van der Waals surface area contributed by atoms with Crippen molar-refractivity contribution in [2.45, 2.75) is 31.8 Å². The highest BCUT2D eigenvalue weighted by Crippen LogP contribution is 2.62. The van der Waals surface area contributed by atoms with Gasteiger partial charge in [-0.2, -0.15) is 0 Å². The summed E-state index contributed by atoms with van der Waals surface area (Å²) in [6.45, 7) is 6.02. The Morgan fingerprint density at radius 2 is 2.50 bits per heavy atom. The monoisotopic (exact) mass is 135 g/mol. The van der Waals surface area contributed by atoms with Crippen LogP contribution in [-0.4, -0.2) is 23.0 Å². The van der Waals surface area contributed by atoms with Crippen molar-refractivity contribution in [1.29, 1.82) is 0 Å². The lowest BCUT2D eigenvalue weighted by Crippen LogP contribution is -2.16. The van der Waals surface area contributed by atoms with Crippen molar-refractivity contribution in [1.82, 2.24) is 4.90 Å². The Bertz CT molecular complexity index is 231. The van der Waals surface area contributed by atoms with Gasteiger partial charge in [0.05, 0.1) is 0 Å². The van der Waals surface area contributed by atoms with Gasteiger partial charge in [0.25, 0.3) is 0 Å². The van der Waals surface area contributed by atoms with Crippen LogP contribution in [0.4, 0.5) is 0 Å². The van der Waals surface area contributed by atoms with E-state index < -0.39 is 0 Å². The van der Waals surface area contributed by atoms with Crippen LogP contribution in [0, 0.1) is 5.92 Å². The average Bonchev–Trinajstić information content (AvgIpc) is 2.63. The second-order valence-electron chi connectivity index (χ2n) is 4.12. The zero-order valence-corrected chi connectivity index (χ0v) is 6.59. The van der Waals surface area contributed by atoms with E-state index in [0.29, 0.717) is 5.54 Å². The Hall–Kier alpha value is -0.300. The van der Waals surface area contributed by atoms with Crippen LogP contribution >= 0.6 is 0 Å². The lowest BCUT2D eigenvalue weighted by atomic mass is 10.1. The Morgan fingerprint density at radius 1 is 1.80 bits per heavy atom. The number of rotatable bonds is 2. The van der Waals surface area contributed by atoms with Gasteiger partial charge in [-0.25, -0.2) is 0 Å². The summed E-state index contributed by atoms with van der Waals surface area (Å²) in [7, 11) is 0. The molecule has 2 aliphatic carbocycles. The zero-order valence-electron chi connectivity index (χ0n) is 6.59. The van der Waals surface area contributed by atoms with Gasteiger partial charge in [0.15, 0.2) is 0 Å². The molecule has 1 heterocycles. The topological polar surface area (TPSA) is 3.01 Å². The molecular formula is C9H13N. The molecular weight excluding hydrogens is 122 g/mol. The molecule has 1 aliphatic heterocycles. The van der Waals surface area contributed by atoms with Gasteiger partial charge in [-0.15, -0.1) is 0 Å². The lowest BCUT2D eigenvalue weighted by Gasteiger charge is -2.09. The minimum absolute atomic E-state index is 0.596. The smallest absolute Gasteiger partial charge is 0.0421 e. The first kappa shape index (κ1) is 5.36. The van der Waals surface area contributed by atoms with Crippen LogP contribution in [-0.2, 0) is 0 Å². The largest absolute Gasteiger partial charge is 0.287 e. The Morgan fingerprint density at radius 3 is 2.80 bits per heavy atom. The first-order valence-electron chi connectivity index (χ1n) is 4.24. The van der Waals surface area contributed by atoms with Gasteiger partial charge in [-0.05, 0) is 18.9 Å². The molecule has 3 rings (SSSR count). The van der Waals surface area contributed by atoms with E-state index in [1.165, 1.54) is 13.0 Å². The van der Waals surface area contributed by atoms with E-state index in [2.05, 4.69) is 24.8 Å². The minimum atomic E-state index is 0.596. The summed E-state index contributed by atoms with van der Waals surface area (Å²) in [5.41, 5.74) is 2.33. The highest BCUT2D eigenvalue weighted by Gasteiger charge is 2.65. The van der Waals surface area contributed by atoms with Gasteiger partial charge in [0, 0.05) is 24.0 Å². The molecule has 0 radical (unpaired) electrons. The maximum Gasteiger partial charge on any atom is 0.0421 e. The van der Waals surface area contributed by atoms with Crippen molar-refractivity contribution in [2.75, 3.05) is 6.54 Å². The fraction of sp³-hybridized carbons (Fsp3) is 0.778. The summed E-state index contributed by atoms with van der Waals surface area (Å²) >= 11 is 0. The number of hydrogen-bond acceptors (Lipinski definition) is 1. The standard InChI is InChI=1S/C9H13N/c1-3-9(2)5-10(9)8-6-4-7(6)8/h4,6,8H,3,5H2,1-2H3. The molecule has 10 heavy (non-hydrogen) atoms. The molecule has 0 aromatic carbocycles. The van der Waals surface area contributed by atoms with Crippen LogP contribution < -0.4 is 0 Å². The molecule has 0 aromatic heterocycles. The summed E-state index contributed by atoms with van der Waals surface area (Å²) in [6, 6.07) is 0.921. The van der Waals surface area contributed by atoms with E-state index in [1.807, 2.05) is 0 Å². The molecule has 1 saturated carbocycles. The Balaban J connectivity index is 1.72. The van der Waals surface area contributed by atoms with E-state index in [4.69, 9.17) is 0 Å².